The van der Waals surface area contributed by atoms with E-state index < -0.39 is 0 Å². The Morgan fingerprint density at radius 2 is 2.11 bits per heavy atom. The Labute approximate surface area is 119 Å². The number of ether oxygens (including phenoxy) is 1. The number of benzene rings is 1. The molecule has 0 aliphatic carbocycles. The summed E-state index contributed by atoms with van der Waals surface area (Å²) < 4.78 is 5.60. The predicted molar refractivity (Wildman–Crippen MR) is 81.1 cm³/mol. The van der Waals surface area contributed by atoms with E-state index in [1.54, 1.807) is 6.07 Å². The van der Waals surface area contributed by atoms with Crippen LogP contribution in [0.4, 0.5) is 0 Å². The summed E-state index contributed by atoms with van der Waals surface area (Å²) >= 11 is 11.0. The molecule has 2 nitrogen and oxygen atoms in total. The van der Waals surface area contributed by atoms with E-state index in [0.717, 1.165) is 24.2 Å². The van der Waals surface area contributed by atoms with Gasteiger partial charge in [0.2, 0.25) is 0 Å². The van der Waals surface area contributed by atoms with E-state index >= 15 is 0 Å². The van der Waals surface area contributed by atoms with Crippen molar-refractivity contribution in [3.05, 3.63) is 34.3 Å². The van der Waals surface area contributed by atoms with Crippen molar-refractivity contribution in [3.63, 3.8) is 0 Å². The first-order valence-corrected chi connectivity index (χ1v) is 7.09. The second-order valence-corrected chi connectivity index (χ2v) is 5.13. The van der Waals surface area contributed by atoms with Gasteiger partial charge < -0.3 is 10.5 Å². The highest BCUT2D eigenvalue weighted by molar-refractivity contribution is 7.80. The van der Waals surface area contributed by atoms with Gasteiger partial charge in [-0.15, -0.1) is 0 Å². The second kappa shape index (κ2) is 8.46. The summed E-state index contributed by atoms with van der Waals surface area (Å²) in [5.41, 5.74) is 7.31. The SMILES string of the molecule is CCCCCCOCc1ccc(C(N)=S)cc1Cl. The van der Waals surface area contributed by atoms with E-state index in [9.17, 15) is 0 Å². The van der Waals surface area contributed by atoms with Gasteiger partial charge in [0.05, 0.1) is 6.61 Å². The Balaban J connectivity index is 2.36. The predicted octanol–water partition coefficient (Wildman–Crippen LogP) is 4.07. The minimum absolute atomic E-state index is 0.365. The third-order valence-corrected chi connectivity index (χ3v) is 3.32. The van der Waals surface area contributed by atoms with Crippen LogP contribution >= 0.6 is 23.8 Å². The highest BCUT2D eigenvalue weighted by Crippen LogP contribution is 2.19. The average Bonchev–Trinajstić information content (AvgIpc) is 2.35. The summed E-state index contributed by atoms with van der Waals surface area (Å²) in [6.07, 6.45) is 4.85. The molecule has 0 saturated heterocycles. The van der Waals surface area contributed by atoms with Gasteiger partial charge in [0.1, 0.15) is 4.99 Å². The lowest BCUT2D eigenvalue weighted by molar-refractivity contribution is 0.117. The molecule has 0 heterocycles. The van der Waals surface area contributed by atoms with Crippen molar-refractivity contribution in [2.24, 2.45) is 5.73 Å². The molecule has 0 atom stereocenters. The van der Waals surface area contributed by atoms with Gasteiger partial charge in [0.15, 0.2) is 0 Å². The van der Waals surface area contributed by atoms with Gasteiger partial charge in [0, 0.05) is 17.2 Å². The molecule has 1 aromatic rings. The summed E-state index contributed by atoms with van der Waals surface area (Å²) in [4.78, 5) is 0.365. The van der Waals surface area contributed by atoms with Crippen molar-refractivity contribution in [2.75, 3.05) is 6.61 Å². The Morgan fingerprint density at radius 1 is 1.33 bits per heavy atom. The van der Waals surface area contributed by atoms with E-state index in [1.807, 2.05) is 12.1 Å². The quantitative estimate of drug-likeness (QED) is 0.578. The van der Waals surface area contributed by atoms with Crippen LogP contribution < -0.4 is 5.73 Å². The van der Waals surface area contributed by atoms with Gasteiger partial charge in [-0.2, -0.15) is 0 Å². The minimum Gasteiger partial charge on any atom is -0.389 e. The van der Waals surface area contributed by atoms with Crippen LogP contribution in [0.2, 0.25) is 5.02 Å². The molecular formula is C14H20ClNOS. The van der Waals surface area contributed by atoms with Gasteiger partial charge in [-0.25, -0.2) is 0 Å². The van der Waals surface area contributed by atoms with Crippen LogP contribution in [0.5, 0.6) is 0 Å². The molecule has 100 valence electrons. The van der Waals surface area contributed by atoms with Crippen molar-refractivity contribution in [3.8, 4) is 0 Å². The van der Waals surface area contributed by atoms with Crippen LogP contribution in [0.1, 0.15) is 43.7 Å². The largest absolute Gasteiger partial charge is 0.389 e. The molecule has 0 aliphatic heterocycles. The maximum Gasteiger partial charge on any atom is 0.104 e. The molecule has 0 fully saturated rings. The fraction of sp³-hybridized carbons (Fsp3) is 0.500. The average molecular weight is 286 g/mol. The summed E-state index contributed by atoms with van der Waals surface area (Å²) in [7, 11) is 0. The number of rotatable bonds is 8. The molecule has 1 rings (SSSR count). The molecule has 4 heteroatoms. The van der Waals surface area contributed by atoms with Crippen molar-refractivity contribution in [1.82, 2.24) is 0 Å². The van der Waals surface area contributed by atoms with Gasteiger partial charge in [-0.3, -0.25) is 0 Å². The standard InChI is InChI=1S/C14H20ClNOS/c1-2-3-4-5-8-17-10-12-7-6-11(14(16)18)9-13(12)15/h6-7,9H,2-5,8,10H2,1H3,(H2,16,18). The Hall–Kier alpha value is -0.640. The maximum absolute atomic E-state index is 6.14. The molecule has 0 bridgehead atoms. The van der Waals surface area contributed by atoms with Crippen LogP contribution in [-0.2, 0) is 11.3 Å². The first kappa shape index (κ1) is 15.4. The molecule has 0 spiro atoms. The maximum atomic E-state index is 6.14. The lowest BCUT2D eigenvalue weighted by Gasteiger charge is -2.07. The second-order valence-electron chi connectivity index (χ2n) is 4.28. The van der Waals surface area contributed by atoms with Gasteiger partial charge in [-0.1, -0.05) is 62.1 Å². The fourth-order valence-electron chi connectivity index (χ4n) is 1.63. The summed E-state index contributed by atoms with van der Waals surface area (Å²) in [5, 5.41) is 0.661. The Morgan fingerprint density at radius 3 is 2.72 bits per heavy atom. The first-order chi connectivity index (χ1) is 8.65. The third-order valence-electron chi connectivity index (χ3n) is 2.74. The molecule has 0 unspecified atom stereocenters. The number of hydrogen-bond acceptors (Lipinski definition) is 2. The van der Waals surface area contributed by atoms with Crippen LogP contribution in [0, 0.1) is 0 Å². The lowest BCUT2D eigenvalue weighted by atomic mass is 10.1. The molecule has 18 heavy (non-hydrogen) atoms. The molecule has 2 N–H and O–H groups in total. The number of halogens is 1. The van der Waals surface area contributed by atoms with Crippen molar-refractivity contribution in [2.45, 2.75) is 39.2 Å². The van der Waals surface area contributed by atoms with Crippen LogP contribution in [0.3, 0.4) is 0 Å². The molecule has 0 aromatic heterocycles. The molecule has 0 aliphatic rings. The summed E-state index contributed by atoms with van der Waals surface area (Å²) in [5.74, 6) is 0. The molecule has 0 amide bonds. The monoisotopic (exact) mass is 285 g/mol. The topological polar surface area (TPSA) is 35.2 Å². The number of unbranched alkanes of at least 4 members (excludes halogenated alkanes) is 3. The zero-order valence-electron chi connectivity index (χ0n) is 10.7. The minimum atomic E-state index is 0.365. The third kappa shape index (κ3) is 5.34. The van der Waals surface area contributed by atoms with E-state index in [-0.39, 0.29) is 0 Å². The van der Waals surface area contributed by atoms with Crippen molar-refractivity contribution < 1.29 is 4.74 Å². The van der Waals surface area contributed by atoms with Gasteiger partial charge in [0.25, 0.3) is 0 Å². The smallest absolute Gasteiger partial charge is 0.104 e. The summed E-state index contributed by atoms with van der Waals surface area (Å²) in [6.45, 7) is 3.53. The number of hydrogen-bond donors (Lipinski definition) is 1. The molecular weight excluding hydrogens is 266 g/mol. The van der Waals surface area contributed by atoms with Crippen LogP contribution in [0.15, 0.2) is 18.2 Å². The lowest BCUT2D eigenvalue weighted by Crippen LogP contribution is -2.09. The van der Waals surface area contributed by atoms with Gasteiger partial charge >= 0.3 is 0 Å². The Bertz CT molecular complexity index is 395. The van der Waals surface area contributed by atoms with E-state index in [0.29, 0.717) is 16.6 Å². The van der Waals surface area contributed by atoms with E-state index in [2.05, 4.69) is 6.92 Å². The number of nitrogens with two attached hydrogens (primary N) is 1. The highest BCUT2D eigenvalue weighted by atomic mass is 35.5. The Kier molecular flexibility index (Phi) is 7.25. The van der Waals surface area contributed by atoms with E-state index in [1.165, 1.54) is 19.3 Å². The summed E-state index contributed by atoms with van der Waals surface area (Å²) in [6, 6.07) is 5.59. The zero-order valence-corrected chi connectivity index (χ0v) is 12.3. The van der Waals surface area contributed by atoms with Gasteiger partial charge in [-0.05, 0) is 18.1 Å². The van der Waals surface area contributed by atoms with Crippen molar-refractivity contribution >= 4 is 28.8 Å². The van der Waals surface area contributed by atoms with Crippen LogP contribution in [-0.4, -0.2) is 11.6 Å². The first-order valence-electron chi connectivity index (χ1n) is 6.31. The molecule has 0 saturated carbocycles. The molecule has 1 aromatic carbocycles. The normalized spacial score (nSPS) is 10.6. The fourth-order valence-corrected chi connectivity index (χ4v) is 1.99. The van der Waals surface area contributed by atoms with Crippen molar-refractivity contribution in [1.29, 1.82) is 0 Å². The van der Waals surface area contributed by atoms with Crippen LogP contribution in [0.25, 0.3) is 0 Å². The molecule has 0 radical (unpaired) electrons. The zero-order chi connectivity index (χ0) is 13.4. The number of thiocarbonyl (C=S) groups is 1. The highest BCUT2D eigenvalue weighted by Gasteiger charge is 2.03. The van der Waals surface area contributed by atoms with E-state index in [4.69, 9.17) is 34.3 Å².